The van der Waals surface area contributed by atoms with Gasteiger partial charge < -0.3 is 9.83 Å². The van der Waals surface area contributed by atoms with Gasteiger partial charge in [0.1, 0.15) is 5.65 Å². The molecule has 11 heavy (non-hydrogen) atoms. The third-order valence-corrected chi connectivity index (χ3v) is 1.51. The predicted octanol–water partition coefficient (Wildman–Crippen LogP) is 0.620. The molecule has 4 nitrogen and oxygen atoms in total. The van der Waals surface area contributed by atoms with E-state index in [-0.39, 0.29) is 0 Å². The molecule has 2 aromatic heterocycles. The molecule has 2 heterocycles. The normalized spacial score (nSPS) is 10.3. The summed E-state index contributed by atoms with van der Waals surface area (Å²) in [4.78, 5) is 4.16. The molecule has 0 aromatic carbocycles. The summed E-state index contributed by atoms with van der Waals surface area (Å²) >= 11 is 0. The Kier molecular flexibility index (Phi) is 1.26. The topological polar surface area (TPSA) is 55.3 Å². The number of hydrogen-bond donors (Lipinski definition) is 2. The lowest BCUT2D eigenvalue weighted by molar-refractivity contribution is 1.19. The van der Waals surface area contributed by atoms with Gasteiger partial charge in [-0.1, -0.05) is 6.07 Å². The van der Waals surface area contributed by atoms with Crippen LogP contribution < -0.4 is 11.3 Å². The van der Waals surface area contributed by atoms with Gasteiger partial charge in [0.15, 0.2) is 5.82 Å². The second-order valence-electron chi connectivity index (χ2n) is 2.24. The Morgan fingerprint density at radius 2 is 2.36 bits per heavy atom. The number of nitrogens with one attached hydrogen (secondary N) is 1. The number of imidazole rings is 1. The molecule has 0 fully saturated rings. The maximum atomic E-state index is 5.19. The highest BCUT2D eigenvalue weighted by Gasteiger charge is 1.95. The van der Waals surface area contributed by atoms with Crippen molar-refractivity contribution in [3.63, 3.8) is 0 Å². The largest absolute Gasteiger partial charge is 0.307 e. The Morgan fingerprint density at radius 1 is 1.45 bits per heavy atom. The number of nitrogens with two attached hydrogens (primary N) is 1. The van der Waals surface area contributed by atoms with Gasteiger partial charge in [0, 0.05) is 6.20 Å². The maximum Gasteiger partial charge on any atom is 0.159 e. The maximum absolute atomic E-state index is 5.19. The highest BCUT2D eigenvalue weighted by molar-refractivity contribution is 5.47. The van der Waals surface area contributed by atoms with Gasteiger partial charge in [-0.3, -0.25) is 0 Å². The highest BCUT2D eigenvalue weighted by atomic mass is 15.3. The minimum absolute atomic E-state index is 0.677. The molecule has 56 valence electrons. The number of nitrogens with zero attached hydrogens (tertiary/aromatic N) is 2. The molecule has 0 aliphatic heterocycles. The van der Waals surface area contributed by atoms with E-state index in [1.807, 2.05) is 35.0 Å². The van der Waals surface area contributed by atoms with Crippen molar-refractivity contribution < 1.29 is 0 Å². The number of rotatable bonds is 1. The third-order valence-electron chi connectivity index (χ3n) is 1.51. The highest BCUT2D eigenvalue weighted by Crippen LogP contribution is 2.06. The van der Waals surface area contributed by atoms with E-state index in [2.05, 4.69) is 10.4 Å². The van der Waals surface area contributed by atoms with E-state index >= 15 is 0 Å². The van der Waals surface area contributed by atoms with Crippen LogP contribution in [0.1, 0.15) is 0 Å². The molecule has 0 saturated carbocycles. The first kappa shape index (κ1) is 6.18. The van der Waals surface area contributed by atoms with E-state index in [0.717, 1.165) is 5.65 Å². The van der Waals surface area contributed by atoms with Crippen molar-refractivity contribution in [2.45, 2.75) is 0 Å². The Hall–Kier alpha value is -1.55. The molecule has 3 N–H and O–H groups in total. The van der Waals surface area contributed by atoms with Gasteiger partial charge in [-0.05, 0) is 12.1 Å². The number of anilines is 1. The van der Waals surface area contributed by atoms with Crippen LogP contribution in [0.5, 0.6) is 0 Å². The fourth-order valence-corrected chi connectivity index (χ4v) is 1.00. The van der Waals surface area contributed by atoms with E-state index in [0.29, 0.717) is 5.82 Å². The lowest BCUT2D eigenvalue weighted by Gasteiger charge is -1.86. The van der Waals surface area contributed by atoms with E-state index in [9.17, 15) is 0 Å². The zero-order chi connectivity index (χ0) is 7.68. The second kappa shape index (κ2) is 2.25. The van der Waals surface area contributed by atoms with Crippen LogP contribution >= 0.6 is 0 Å². The average molecular weight is 148 g/mol. The third kappa shape index (κ3) is 0.929. The minimum atomic E-state index is 0.677. The first-order valence-corrected chi connectivity index (χ1v) is 3.30. The van der Waals surface area contributed by atoms with Crippen LogP contribution in [-0.2, 0) is 0 Å². The van der Waals surface area contributed by atoms with Crippen LogP contribution in [0.4, 0.5) is 5.82 Å². The standard InChI is InChI=1S/C7H8N4/c8-10-6-5-11-4-2-1-3-7(11)9-6/h1-5,10H,8H2. The zero-order valence-electron chi connectivity index (χ0n) is 5.86. The summed E-state index contributed by atoms with van der Waals surface area (Å²) in [6, 6.07) is 5.79. The molecule has 4 heteroatoms. The molecular weight excluding hydrogens is 140 g/mol. The first-order chi connectivity index (χ1) is 5.40. The summed E-state index contributed by atoms with van der Waals surface area (Å²) in [5, 5.41) is 0. The number of aromatic nitrogens is 2. The summed E-state index contributed by atoms with van der Waals surface area (Å²) in [6.45, 7) is 0. The van der Waals surface area contributed by atoms with Crippen LogP contribution in [0.3, 0.4) is 0 Å². The molecule has 2 aromatic rings. The van der Waals surface area contributed by atoms with Crippen molar-refractivity contribution in [3.8, 4) is 0 Å². The second-order valence-corrected chi connectivity index (χ2v) is 2.24. The molecule has 0 radical (unpaired) electrons. The number of nitrogen functional groups attached to an aromatic ring is 1. The lowest BCUT2D eigenvalue weighted by Crippen LogP contribution is -2.06. The van der Waals surface area contributed by atoms with Gasteiger partial charge in [0.25, 0.3) is 0 Å². The molecule has 0 atom stereocenters. The predicted molar refractivity (Wildman–Crippen MR) is 43.0 cm³/mol. The molecule has 0 aliphatic carbocycles. The van der Waals surface area contributed by atoms with Crippen LogP contribution in [-0.4, -0.2) is 9.38 Å². The molecule has 0 amide bonds. The number of hydrogen-bond acceptors (Lipinski definition) is 3. The summed E-state index contributed by atoms with van der Waals surface area (Å²) in [6.07, 6.45) is 3.75. The van der Waals surface area contributed by atoms with Gasteiger partial charge in [-0.25, -0.2) is 10.8 Å². The van der Waals surface area contributed by atoms with E-state index in [1.165, 1.54) is 0 Å². The van der Waals surface area contributed by atoms with E-state index < -0.39 is 0 Å². The molecule has 0 aliphatic rings. The van der Waals surface area contributed by atoms with Crippen LogP contribution in [0.2, 0.25) is 0 Å². The van der Waals surface area contributed by atoms with Crippen molar-refractivity contribution in [1.29, 1.82) is 0 Å². The van der Waals surface area contributed by atoms with E-state index in [1.54, 1.807) is 0 Å². The quantitative estimate of drug-likeness (QED) is 0.460. The van der Waals surface area contributed by atoms with E-state index in [4.69, 9.17) is 5.84 Å². The van der Waals surface area contributed by atoms with Gasteiger partial charge >= 0.3 is 0 Å². The number of fused-ring (bicyclic) bond motifs is 1. The fourth-order valence-electron chi connectivity index (χ4n) is 1.00. The molecular formula is C7H8N4. The van der Waals surface area contributed by atoms with Crippen LogP contribution in [0.25, 0.3) is 5.65 Å². The van der Waals surface area contributed by atoms with Crippen LogP contribution in [0, 0.1) is 0 Å². The van der Waals surface area contributed by atoms with Crippen molar-refractivity contribution in [3.05, 3.63) is 30.6 Å². The molecule has 2 rings (SSSR count). The molecule has 0 unspecified atom stereocenters. The van der Waals surface area contributed by atoms with Gasteiger partial charge in [0.2, 0.25) is 0 Å². The van der Waals surface area contributed by atoms with Crippen molar-refractivity contribution >= 4 is 11.5 Å². The molecule has 0 spiro atoms. The molecule has 0 bridgehead atoms. The Morgan fingerprint density at radius 3 is 3.09 bits per heavy atom. The van der Waals surface area contributed by atoms with Crippen molar-refractivity contribution in [2.24, 2.45) is 5.84 Å². The summed E-state index contributed by atoms with van der Waals surface area (Å²) in [5.41, 5.74) is 3.37. The van der Waals surface area contributed by atoms with Crippen molar-refractivity contribution in [2.75, 3.05) is 5.43 Å². The van der Waals surface area contributed by atoms with Gasteiger partial charge in [0.05, 0.1) is 6.20 Å². The number of hydrazine groups is 1. The first-order valence-electron chi connectivity index (χ1n) is 3.30. The van der Waals surface area contributed by atoms with Gasteiger partial charge in [-0.2, -0.15) is 0 Å². The SMILES string of the molecule is NNc1cn2ccccc2n1. The Labute approximate surface area is 63.6 Å². The molecule has 0 saturated heterocycles. The Balaban J connectivity index is 2.69. The van der Waals surface area contributed by atoms with Crippen LogP contribution in [0.15, 0.2) is 30.6 Å². The number of pyridine rings is 1. The van der Waals surface area contributed by atoms with Crippen molar-refractivity contribution in [1.82, 2.24) is 9.38 Å². The summed E-state index contributed by atoms with van der Waals surface area (Å²) in [5.74, 6) is 5.86. The minimum Gasteiger partial charge on any atom is -0.307 e. The van der Waals surface area contributed by atoms with Gasteiger partial charge in [-0.15, -0.1) is 0 Å². The average Bonchev–Trinajstić information content (AvgIpc) is 2.46. The zero-order valence-corrected chi connectivity index (χ0v) is 5.86. The summed E-state index contributed by atoms with van der Waals surface area (Å²) in [7, 11) is 0. The fraction of sp³-hybridized carbons (Fsp3) is 0. The Bertz CT molecular complexity index is 332. The lowest BCUT2D eigenvalue weighted by atomic mass is 10.5. The smallest absolute Gasteiger partial charge is 0.159 e. The monoisotopic (exact) mass is 148 g/mol. The summed E-state index contributed by atoms with van der Waals surface area (Å²) < 4.78 is 1.90.